The number of hydrogen-bond acceptors (Lipinski definition) is 7. The van der Waals surface area contributed by atoms with Crippen LogP contribution >= 0.6 is 0 Å². The highest BCUT2D eigenvalue weighted by Gasteiger charge is 2.23. The molecule has 0 bridgehead atoms. The molecule has 2 heterocycles. The normalized spacial score (nSPS) is 16.9. The molecule has 2 rings (SSSR count). The third-order valence-corrected chi connectivity index (χ3v) is 3.97. The third-order valence-electron chi connectivity index (χ3n) is 3.97. The van der Waals surface area contributed by atoms with Gasteiger partial charge in [-0.3, -0.25) is 10.1 Å². The van der Waals surface area contributed by atoms with Gasteiger partial charge < -0.3 is 16.0 Å². The Kier molecular flexibility index (Phi) is 4.89. The first kappa shape index (κ1) is 15.4. The zero-order chi connectivity index (χ0) is 15.4. The van der Waals surface area contributed by atoms with E-state index in [1.54, 1.807) is 6.92 Å². The highest BCUT2D eigenvalue weighted by molar-refractivity contribution is 5.60. The Morgan fingerprint density at radius 1 is 1.43 bits per heavy atom. The molecule has 1 fully saturated rings. The van der Waals surface area contributed by atoms with Crippen LogP contribution < -0.4 is 11.1 Å². The Balaban J connectivity index is 2.02. The van der Waals surface area contributed by atoms with Crippen LogP contribution in [0.4, 0.5) is 17.5 Å². The van der Waals surface area contributed by atoms with E-state index in [0.29, 0.717) is 12.5 Å². The van der Waals surface area contributed by atoms with Crippen molar-refractivity contribution in [3.63, 3.8) is 0 Å². The highest BCUT2D eigenvalue weighted by atomic mass is 16.6. The van der Waals surface area contributed by atoms with E-state index in [-0.39, 0.29) is 23.1 Å². The minimum atomic E-state index is -0.462. The fraction of sp³-hybridized carbons (Fsp3) is 0.692. The van der Waals surface area contributed by atoms with Crippen LogP contribution in [0, 0.1) is 23.0 Å². The van der Waals surface area contributed by atoms with Crippen LogP contribution in [0.5, 0.6) is 0 Å². The van der Waals surface area contributed by atoms with Crippen molar-refractivity contribution in [2.24, 2.45) is 5.92 Å². The van der Waals surface area contributed by atoms with E-state index >= 15 is 0 Å². The van der Waals surface area contributed by atoms with Crippen LogP contribution in [-0.4, -0.2) is 46.0 Å². The summed E-state index contributed by atoms with van der Waals surface area (Å²) in [5, 5.41) is 14.2. The van der Waals surface area contributed by atoms with Gasteiger partial charge in [0.05, 0.1) is 4.92 Å². The molecule has 1 aliphatic heterocycles. The fourth-order valence-corrected chi connectivity index (χ4v) is 2.68. The van der Waals surface area contributed by atoms with Gasteiger partial charge in [0.1, 0.15) is 5.69 Å². The van der Waals surface area contributed by atoms with E-state index in [1.807, 2.05) is 0 Å². The van der Waals surface area contributed by atoms with Gasteiger partial charge in [-0.2, -0.15) is 4.98 Å². The zero-order valence-corrected chi connectivity index (χ0v) is 12.5. The van der Waals surface area contributed by atoms with Crippen molar-refractivity contribution in [1.82, 2.24) is 14.9 Å². The number of piperidine rings is 1. The Morgan fingerprint density at radius 3 is 2.67 bits per heavy atom. The third kappa shape index (κ3) is 3.78. The minimum absolute atomic E-state index is 0.0569. The number of nitrogens with one attached hydrogen (secondary N) is 1. The summed E-state index contributed by atoms with van der Waals surface area (Å²) in [6.45, 7) is 7.64. The molecule has 0 unspecified atom stereocenters. The molecule has 0 saturated carbocycles. The number of hydrogen-bond donors (Lipinski definition) is 2. The molecule has 1 saturated heterocycles. The summed E-state index contributed by atoms with van der Waals surface area (Å²) in [6, 6.07) is 0. The van der Waals surface area contributed by atoms with Gasteiger partial charge in [0.2, 0.25) is 11.8 Å². The second-order valence-corrected chi connectivity index (χ2v) is 5.38. The lowest BCUT2D eigenvalue weighted by Crippen LogP contribution is -2.35. The standard InChI is InChI=1S/C13H22N6O2/c1-3-18-6-4-10(5-7-18)8-15-12-11(19(20)21)9(2)16-13(14)17-12/h10H,3-8H2,1-2H3,(H3,14,15,16,17). The van der Waals surface area contributed by atoms with Crippen molar-refractivity contribution >= 4 is 17.5 Å². The van der Waals surface area contributed by atoms with Gasteiger partial charge in [-0.25, -0.2) is 4.98 Å². The molecule has 116 valence electrons. The van der Waals surface area contributed by atoms with Crippen molar-refractivity contribution in [2.45, 2.75) is 26.7 Å². The maximum absolute atomic E-state index is 11.1. The predicted molar refractivity (Wildman–Crippen MR) is 81.2 cm³/mol. The van der Waals surface area contributed by atoms with Gasteiger partial charge in [-0.1, -0.05) is 6.92 Å². The van der Waals surface area contributed by atoms with E-state index in [1.165, 1.54) is 0 Å². The molecule has 0 spiro atoms. The smallest absolute Gasteiger partial charge is 0.332 e. The lowest BCUT2D eigenvalue weighted by molar-refractivity contribution is -0.385. The number of likely N-dealkylation sites (tertiary alicyclic amines) is 1. The summed E-state index contributed by atoms with van der Waals surface area (Å²) in [7, 11) is 0. The molecule has 1 aliphatic rings. The number of aryl methyl sites for hydroxylation is 1. The number of nitro groups is 1. The first-order valence-corrected chi connectivity index (χ1v) is 7.26. The topological polar surface area (TPSA) is 110 Å². The molecular weight excluding hydrogens is 272 g/mol. The van der Waals surface area contributed by atoms with Crippen molar-refractivity contribution in [2.75, 3.05) is 37.2 Å². The first-order chi connectivity index (χ1) is 10.0. The second kappa shape index (κ2) is 6.66. The summed E-state index contributed by atoms with van der Waals surface area (Å²) in [5.74, 6) is 0.785. The number of anilines is 2. The van der Waals surface area contributed by atoms with Crippen LogP contribution in [0.15, 0.2) is 0 Å². The molecule has 0 amide bonds. The van der Waals surface area contributed by atoms with Gasteiger partial charge in [-0.05, 0) is 45.3 Å². The van der Waals surface area contributed by atoms with E-state index in [9.17, 15) is 10.1 Å². The largest absolute Gasteiger partial charge is 0.368 e. The SMILES string of the molecule is CCN1CCC(CNc2nc(N)nc(C)c2[N+](=O)[O-])CC1. The average Bonchev–Trinajstić information content (AvgIpc) is 2.44. The monoisotopic (exact) mass is 294 g/mol. The molecule has 0 aliphatic carbocycles. The van der Waals surface area contributed by atoms with Gasteiger partial charge in [0.15, 0.2) is 0 Å². The fourth-order valence-electron chi connectivity index (χ4n) is 2.68. The molecule has 8 nitrogen and oxygen atoms in total. The van der Waals surface area contributed by atoms with Crippen LogP contribution in [0.1, 0.15) is 25.5 Å². The number of rotatable bonds is 5. The maximum Gasteiger partial charge on any atom is 0.332 e. The quantitative estimate of drug-likeness (QED) is 0.624. The van der Waals surface area contributed by atoms with Crippen molar-refractivity contribution in [3.8, 4) is 0 Å². The van der Waals surface area contributed by atoms with Gasteiger partial charge in [-0.15, -0.1) is 0 Å². The van der Waals surface area contributed by atoms with Crippen LogP contribution in [0.25, 0.3) is 0 Å². The van der Waals surface area contributed by atoms with E-state index in [2.05, 4.69) is 27.1 Å². The molecule has 0 radical (unpaired) electrons. The summed E-state index contributed by atoms with van der Waals surface area (Å²) < 4.78 is 0. The first-order valence-electron chi connectivity index (χ1n) is 7.26. The number of nitrogens with zero attached hydrogens (tertiary/aromatic N) is 4. The molecule has 8 heteroatoms. The molecule has 0 aromatic carbocycles. The van der Waals surface area contributed by atoms with Crippen LogP contribution in [0.2, 0.25) is 0 Å². The maximum atomic E-state index is 11.1. The summed E-state index contributed by atoms with van der Waals surface area (Å²) in [5.41, 5.74) is 5.78. The van der Waals surface area contributed by atoms with Crippen molar-refractivity contribution < 1.29 is 4.92 Å². The summed E-state index contributed by atoms with van der Waals surface area (Å²) in [4.78, 5) is 20.9. The number of nitrogens with two attached hydrogens (primary N) is 1. The van der Waals surface area contributed by atoms with Gasteiger partial charge >= 0.3 is 5.69 Å². The highest BCUT2D eigenvalue weighted by Crippen LogP contribution is 2.26. The average molecular weight is 294 g/mol. The molecular formula is C13H22N6O2. The van der Waals surface area contributed by atoms with Crippen molar-refractivity contribution in [1.29, 1.82) is 0 Å². The van der Waals surface area contributed by atoms with Gasteiger partial charge in [0, 0.05) is 6.54 Å². The second-order valence-electron chi connectivity index (χ2n) is 5.38. The lowest BCUT2D eigenvalue weighted by atomic mass is 9.97. The zero-order valence-electron chi connectivity index (χ0n) is 12.5. The molecule has 3 N–H and O–H groups in total. The number of nitrogen functional groups attached to an aromatic ring is 1. The van der Waals surface area contributed by atoms with E-state index in [0.717, 1.165) is 32.5 Å². The predicted octanol–water partition coefficient (Wildman–Crippen LogP) is 1.42. The molecule has 0 atom stereocenters. The Bertz CT molecular complexity index is 514. The Hall–Kier alpha value is -1.96. The molecule has 21 heavy (non-hydrogen) atoms. The minimum Gasteiger partial charge on any atom is -0.368 e. The Labute approximate surface area is 123 Å². The summed E-state index contributed by atoms with van der Waals surface area (Å²) in [6.07, 6.45) is 2.18. The molecule has 1 aromatic rings. The summed E-state index contributed by atoms with van der Waals surface area (Å²) >= 11 is 0. The lowest BCUT2D eigenvalue weighted by Gasteiger charge is -2.31. The Morgan fingerprint density at radius 2 is 2.10 bits per heavy atom. The molecule has 1 aromatic heterocycles. The number of aromatic nitrogens is 2. The van der Waals surface area contributed by atoms with Crippen molar-refractivity contribution in [3.05, 3.63) is 15.8 Å². The van der Waals surface area contributed by atoms with E-state index < -0.39 is 4.92 Å². The van der Waals surface area contributed by atoms with Crippen LogP contribution in [0.3, 0.4) is 0 Å². The van der Waals surface area contributed by atoms with E-state index in [4.69, 9.17) is 5.73 Å². The van der Waals surface area contributed by atoms with Crippen LogP contribution in [-0.2, 0) is 0 Å². The van der Waals surface area contributed by atoms with Gasteiger partial charge in [0.25, 0.3) is 0 Å².